The minimum absolute atomic E-state index is 0.0884. The number of carbonyl (C=O) groups is 2. The molecule has 1 saturated carbocycles. The Kier molecular flexibility index (Phi) is 3.42. The zero-order chi connectivity index (χ0) is 14.1. The first-order chi connectivity index (χ1) is 9.68. The number of carbonyl (C=O) groups excluding carboxylic acids is 1. The first-order valence-electron chi connectivity index (χ1n) is 7.14. The van der Waals surface area contributed by atoms with Gasteiger partial charge in [-0.05, 0) is 37.3 Å². The smallest absolute Gasteiger partial charge is 0.326 e. The minimum atomic E-state index is -0.887. The van der Waals surface area contributed by atoms with Crippen LogP contribution in [0.25, 0.3) is 0 Å². The Balaban J connectivity index is 1.91. The van der Waals surface area contributed by atoms with E-state index in [2.05, 4.69) is 4.98 Å². The van der Waals surface area contributed by atoms with Gasteiger partial charge in [-0.15, -0.1) is 0 Å². The summed E-state index contributed by atoms with van der Waals surface area (Å²) in [5, 5.41) is 9.42. The number of nitrogens with zero attached hydrogens (tertiary/aromatic N) is 2. The number of fused-ring (bicyclic) bond motifs is 1. The molecule has 2 fully saturated rings. The Morgan fingerprint density at radius 1 is 1.20 bits per heavy atom. The lowest BCUT2D eigenvalue weighted by Gasteiger charge is -2.33. The third kappa shape index (κ3) is 2.17. The van der Waals surface area contributed by atoms with Crippen molar-refractivity contribution in [3.8, 4) is 0 Å². The summed E-state index contributed by atoms with van der Waals surface area (Å²) >= 11 is 0. The molecule has 1 N–H and O–H groups in total. The molecule has 2 heterocycles. The van der Waals surface area contributed by atoms with E-state index in [-0.39, 0.29) is 11.9 Å². The van der Waals surface area contributed by atoms with Crippen LogP contribution in [0.3, 0.4) is 0 Å². The molecular weight excluding hydrogens is 256 g/mol. The van der Waals surface area contributed by atoms with Crippen molar-refractivity contribution in [1.29, 1.82) is 0 Å². The van der Waals surface area contributed by atoms with Crippen LogP contribution < -0.4 is 0 Å². The SMILES string of the molecule is O=C(O)[C@@H]1C[C@@H]2CCCC[C@@H]2N1C(=O)c1ccncc1. The lowest BCUT2D eigenvalue weighted by atomic mass is 9.84. The fourth-order valence-corrected chi connectivity index (χ4v) is 3.62. The molecule has 5 nitrogen and oxygen atoms in total. The minimum Gasteiger partial charge on any atom is -0.480 e. The number of pyridine rings is 1. The number of hydrogen-bond acceptors (Lipinski definition) is 3. The number of carboxylic acid groups (broad SMARTS) is 1. The highest BCUT2D eigenvalue weighted by molar-refractivity contribution is 5.97. The standard InChI is InChI=1S/C15H18N2O3/c18-14(10-5-7-16-8-6-10)17-12-4-2-1-3-11(12)9-13(17)15(19)20/h5-8,11-13H,1-4,9H2,(H,19,20)/t11-,12-,13-/m0/s1. The summed E-state index contributed by atoms with van der Waals surface area (Å²) in [6.07, 6.45) is 7.91. The molecule has 0 unspecified atom stereocenters. The first kappa shape index (κ1) is 13.1. The number of rotatable bonds is 2. The maximum atomic E-state index is 12.7. The van der Waals surface area contributed by atoms with Crippen molar-refractivity contribution in [1.82, 2.24) is 9.88 Å². The van der Waals surface area contributed by atoms with Crippen LogP contribution in [0, 0.1) is 5.92 Å². The van der Waals surface area contributed by atoms with Crippen molar-refractivity contribution in [3.63, 3.8) is 0 Å². The molecule has 1 aromatic heterocycles. The molecule has 1 aliphatic carbocycles. The normalized spacial score (nSPS) is 29.0. The van der Waals surface area contributed by atoms with Crippen molar-refractivity contribution in [2.75, 3.05) is 0 Å². The summed E-state index contributed by atoms with van der Waals surface area (Å²) < 4.78 is 0. The topological polar surface area (TPSA) is 70.5 Å². The van der Waals surface area contributed by atoms with Crippen LogP contribution in [0.15, 0.2) is 24.5 Å². The predicted octanol–water partition coefficient (Wildman–Crippen LogP) is 1.94. The average Bonchev–Trinajstić information content (AvgIpc) is 2.87. The molecule has 2 aliphatic rings. The highest BCUT2D eigenvalue weighted by Gasteiger charge is 2.47. The van der Waals surface area contributed by atoms with Crippen molar-refractivity contribution in [3.05, 3.63) is 30.1 Å². The van der Waals surface area contributed by atoms with Gasteiger partial charge in [0.05, 0.1) is 0 Å². The van der Waals surface area contributed by atoms with Crippen molar-refractivity contribution in [2.45, 2.75) is 44.2 Å². The molecular formula is C15H18N2O3. The van der Waals surface area contributed by atoms with E-state index in [0.717, 1.165) is 25.7 Å². The summed E-state index contributed by atoms with van der Waals surface area (Å²) in [7, 11) is 0. The van der Waals surface area contributed by atoms with Crippen LogP contribution in [0.2, 0.25) is 0 Å². The number of hydrogen-bond donors (Lipinski definition) is 1. The van der Waals surface area contributed by atoms with E-state index in [9.17, 15) is 14.7 Å². The molecule has 1 aliphatic heterocycles. The zero-order valence-electron chi connectivity index (χ0n) is 11.2. The van der Waals surface area contributed by atoms with E-state index in [4.69, 9.17) is 0 Å². The molecule has 1 amide bonds. The zero-order valence-corrected chi connectivity index (χ0v) is 11.2. The van der Waals surface area contributed by atoms with Gasteiger partial charge in [0, 0.05) is 24.0 Å². The van der Waals surface area contributed by atoms with Gasteiger partial charge < -0.3 is 10.0 Å². The van der Waals surface area contributed by atoms with Crippen molar-refractivity contribution in [2.24, 2.45) is 5.92 Å². The van der Waals surface area contributed by atoms with Crippen LogP contribution in [-0.2, 0) is 4.79 Å². The highest BCUT2D eigenvalue weighted by atomic mass is 16.4. The van der Waals surface area contributed by atoms with Crippen LogP contribution >= 0.6 is 0 Å². The van der Waals surface area contributed by atoms with Gasteiger partial charge >= 0.3 is 5.97 Å². The summed E-state index contributed by atoms with van der Waals surface area (Å²) in [6.45, 7) is 0. The van der Waals surface area contributed by atoms with E-state index in [1.807, 2.05) is 0 Å². The van der Waals surface area contributed by atoms with Crippen LogP contribution in [0.5, 0.6) is 0 Å². The van der Waals surface area contributed by atoms with E-state index < -0.39 is 12.0 Å². The first-order valence-corrected chi connectivity index (χ1v) is 7.14. The van der Waals surface area contributed by atoms with Crippen LogP contribution in [0.4, 0.5) is 0 Å². The summed E-state index contributed by atoms with van der Waals surface area (Å²) in [5.41, 5.74) is 0.525. The quantitative estimate of drug-likeness (QED) is 0.894. The molecule has 5 heteroatoms. The molecule has 0 spiro atoms. The molecule has 106 valence electrons. The largest absolute Gasteiger partial charge is 0.480 e. The van der Waals surface area contributed by atoms with Crippen molar-refractivity contribution >= 4 is 11.9 Å². The highest BCUT2D eigenvalue weighted by Crippen LogP contribution is 2.40. The van der Waals surface area contributed by atoms with Crippen LogP contribution in [-0.4, -0.2) is 39.0 Å². The van der Waals surface area contributed by atoms with Gasteiger partial charge in [-0.1, -0.05) is 12.8 Å². The van der Waals surface area contributed by atoms with Gasteiger partial charge in [0.15, 0.2) is 0 Å². The Morgan fingerprint density at radius 2 is 1.90 bits per heavy atom. The molecule has 0 radical (unpaired) electrons. The van der Waals surface area contributed by atoms with E-state index in [1.54, 1.807) is 29.4 Å². The number of amides is 1. The molecule has 1 saturated heterocycles. The number of aromatic nitrogens is 1. The third-order valence-electron chi connectivity index (χ3n) is 4.53. The Morgan fingerprint density at radius 3 is 2.60 bits per heavy atom. The second-order valence-electron chi connectivity index (χ2n) is 5.65. The molecule has 3 rings (SSSR count). The van der Waals surface area contributed by atoms with E-state index in [1.165, 1.54) is 0 Å². The van der Waals surface area contributed by atoms with Crippen molar-refractivity contribution < 1.29 is 14.7 Å². The monoisotopic (exact) mass is 274 g/mol. The third-order valence-corrected chi connectivity index (χ3v) is 4.53. The second kappa shape index (κ2) is 5.23. The van der Waals surface area contributed by atoms with E-state index >= 15 is 0 Å². The number of aliphatic carboxylic acids is 1. The predicted molar refractivity (Wildman–Crippen MR) is 72.2 cm³/mol. The van der Waals surface area contributed by atoms with E-state index in [0.29, 0.717) is 17.9 Å². The van der Waals surface area contributed by atoms with Crippen LogP contribution in [0.1, 0.15) is 42.5 Å². The molecule has 0 bridgehead atoms. The Bertz CT molecular complexity index is 517. The fraction of sp³-hybridized carbons (Fsp3) is 0.533. The number of carboxylic acids is 1. The summed E-state index contributed by atoms with van der Waals surface area (Å²) in [4.78, 5) is 29.7. The maximum Gasteiger partial charge on any atom is 0.326 e. The van der Waals surface area contributed by atoms with Gasteiger partial charge in [-0.3, -0.25) is 9.78 Å². The molecule has 1 aromatic rings. The molecule has 3 atom stereocenters. The summed E-state index contributed by atoms with van der Waals surface area (Å²) in [5.74, 6) is -0.716. The maximum absolute atomic E-state index is 12.7. The lowest BCUT2D eigenvalue weighted by molar-refractivity contribution is -0.141. The lowest BCUT2D eigenvalue weighted by Crippen LogP contribution is -2.46. The van der Waals surface area contributed by atoms with Gasteiger partial charge in [-0.2, -0.15) is 0 Å². The number of likely N-dealkylation sites (tertiary alicyclic amines) is 1. The van der Waals surface area contributed by atoms with Gasteiger partial charge in [0.25, 0.3) is 5.91 Å². The second-order valence-corrected chi connectivity index (χ2v) is 5.65. The Hall–Kier alpha value is -1.91. The van der Waals surface area contributed by atoms with Gasteiger partial charge in [0.1, 0.15) is 6.04 Å². The fourth-order valence-electron chi connectivity index (χ4n) is 3.62. The summed E-state index contributed by atoms with van der Waals surface area (Å²) in [6, 6.07) is 2.71. The van der Waals surface area contributed by atoms with Gasteiger partial charge in [-0.25, -0.2) is 4.79 Å². The van der Waals surface area contributed by atoms with Gasteiger partial charge in [0.2, 0.25) is 0 Å². The Labute approximate surface area is 117 Å². The molecule has 20 heavy (non-hydrogen) atoms. The molecule has 0 aromatic carbocycles. The average molecular weight is 274 g/mol.